The van der Waals surface area contributed by atoms with E-state index in [2.05, 4.69) is 11.9 Å². The normalized spacial score (nSPS) is 13.0. The summed E-state index contributed by atoms with van der Waals surface area (Å²) < 4.78 is 0. The first-order chi connectivity index (χ1) is 5.20. The molecular weight excluding hydrogens is 136 g/mol. The van der Waals surface area contributed by atoms with Gasteiger partial charge in [-0.1, -0.05) is 0 Å². The Bertz CT molecular complexity index is 231. The molecule has 0 saturated carbocycles. The first kappa shape index (κ1) is 8.21. The Hall–Kier alpha value is -0.890. The van der Waals surface area contributed by atoms with Crippen molar-refractivity contribution in [3.05, 3.63) is 29.6 Å². The van der Waals surface area contributed by atoms with Gasteiger partial charge in [0.2, 0.25) is 0 Å². The van der Waals surface area contributed by atoms with Crippen LogP contribution < -0.4 is 5.73 Å². The van der Waals surface area contributed by atoms with Crippen LogP contribution in [0.15, 0.2) is 18.5 Å². The van der Waals surface area contributed by atoms with Crippen LogP contribution in [0.1, 0.15) is 18.1 Å². The summed E-state index contributed by atoms with van der Waals surface area (Å²) in [6.07, 6.45) is 4.61. The third-order valence-corrected chi connectivity index (χ3v) is 1.69. The zero-order valence-corrected chi connectivity index (χ0v) is 7.04. The molecule has 1 rings (SSSR count). The lowest BCUT2D eigenvalue weighted by atomic mass is 10.1. The Kier molecular flexibility index (Phi) is 2.60. The molecule has 0 saturated heterocycles. The van der Waals surface area contributed by atoms with E-state index in [0.717, 1.165) is 6.42 Å². The fourth-order valence-electron chi connectivity index (χ4n) is 1.06. The quantitative estimate of drug-likeness (QED) is 0.689. The van der Waals surface area contributed by atoms with E-state index >= 15 is 0 Å². The summed E-state index contributed by atoms with van der Waals surface area (Å²) in [4.78, 5) is 4.04. The van der Waals surface area contributed by atoms with Crippen LogP contribution in [0, 0.1) is 6.92 Å². The topological polar surface area (TPSA) is 38.9 Å². The van der Waals surface area contributed by atoms with Crippen LogP contribution in [-0.2, 0) is 6.42 Å². The summed E-state index contributed by atoms with van der Waals surface area (Å²) in [7, 11) is 0. The molecule has 0 aliphatic heterocycles. The maximum Gasteiger partial charge on any atom is 0.0303 e. The van der Waals surface area contributed by atoms with Crippen molar-refractivity contribution in [3.63, 3.8) is 0 Å². The molecule has 60 valence electrons. The molecule has 1 aromatic rings. The third kappa shape index (κ3) is 2.31. The van der Waals surface area contributed by atoms with Crippen molar-refractivity contribution in [2.45, 2.75) is 26.3 Å². The molecule has 0 amide bonds. The second-order valence-electron chi connectivity index (χ2n) is 2.98. The average molecular weight is 150 g/mol. The molecule has 1 heterocycles. The number of nitrogens with zero attached hydrogens (tertiary/aromatic N) is 1. The first-order valence-corrected chi connectivity index (χ1v) is 3.85. The molecule has 1 unspecified atom stereocenters. The van der Waals surface area contributed by atoms with Crippen molar-refractivity contribution < 1.29 is 0 Å². The van der Waals surface area contributed by atoms with Gasteiger partial charge in [0, 0.05) is 18.4 Å². The maximum absolute atomic E-state index is 5.67. The standard InChI is InChI=1S/C9H14N2/c1-7-3-4-11-6-9(7)5-8(2)10/h3-4,6,8H,5,10H2,1-2H3. The van der Waals surface area contributed by atoms with Crippen molar-refractivity contribution in [1.82, 2.24) is 4.98 Å². The molecule has 0 aliphatic carbocycles. The second kappa shape index (κ2) is 3.49. The zero-order valence-electron chi connectivity index (χ0n) is 7.04. The molecule has 1 atom stereocenters. The van der Waals surface area contributed by atoms with Crippen LogP contribution in [-0.4, -0.2) is 11.0 Å². The van der Waals surface area contributed by atoms with Crippen LogP contribution in [0.3, 0.4) is 0 Å². The minimum atomic E-state index is 0.220. The first-order valence-electron chi connectivity index (χ1n) is 3.85. The van der Waals surface area contributed by atoms with Crippen molar-refractivity contribution in [2.24, 2.45) is 5.73 Å². The summed E-state index contributed by atoms with van der Waals surface area (Å²) in [6, 6.07) is 2.23. The predicted molar refractivity (Wildman–Crippen MR) is 46.3 cm³/mol. The van der Waals surface area contributed by atoms with Crippen LogP contribution in [0.25, 0.3) is 0 Å². The number of pyridine rings is 1. The molecule has 0 aliphatic rings. The number of rotatable bonds is 2. The van der Waals surface area contributed by atoms with E-state index < -0.39 is 0 Å². The average Bonchev–Trinajstić information content (AvgIpc) is 1.93. The van der Waals surface area contributed by atoms with Gasteiger partial charge in [-0.05, 0) is 37.5 Å². The van der Waals surface area contributed by atoms with Gasteiger partial charge in [0.1, 0.15) is 0 Å². The number of hydrogen-bond donors (Lipinski definition) is 1. The van der Waals surface area contributed by atoms with Crippen LogP contribution in [0.4, 0.5) is 0 Å². The smallest absolute Gasteiger partial charge is 0.0303 e. The molecule has 2 heteroatoms. The fourth-order valence-corrected chi connectivity index (χ4v) is 1.06. The third-order valence-electron chi connectivity index (χ3n) is 1.69. The number of hydrogen-bond acceptors (Lipinski definition) is 2. The molecule has 1 aromatic heterocycles. The SMILES string of the molecule is Cc1ccncc1CC(C)N. The van der Waals surface area contributed by atoms with Crippen LogP contribution >= 0.6 is 0 Å². The van der Waals surface area contributed by atoms with E-state index in [-0.39, 0.29) is 6.04 Å². The summed E-state index contributed by atoms with van der Waals surface area (Å²) >= 11 is 0. The molecule has 0 radical (unpaired) electrons. The minimum Gasteiger partial charge on any atom is -0.328 e. The van der Waals surface area contributed by atoms with Gasteiger partial charge < -0.3 is 5.73 Å². The second-order valence-corrected chi connectivity index (χ2v) is 2.98. The van der Waals surface area contributed by atoms with E-state index in [0.29, 0.717) is 0 Å². The molecule has 11 heavy (non-hydrogen) atoms. The highest BCUT2D eigenvalue weighted by Gasteiger charge is 1.99. The van der Waals surface area contributed by atoms with Crippen molar-refractivity contribution >= 4 is 0 Å². The molecule has 0 bridgehead atoms. The number of aromatic nitrogens is 1. The molecule has 0 spiro atoms. The van der Waals surface area contributed by atoms with Gasteiger partial charge in [-0.15, -0.1) is 0 Å². The van der Waals surface area contributed by atoms with Gasteiger partial charge in [0.15, 0.2) is 0 Å². The lowest BCUT2D eigenvalue weighted by Crippen LogP contribution is -2.18. The van der Waals surface area contributed by atoms with Crippen molar-refractivity contribution in [3.8, 4) is 0 Å². The summed E-state index contributed by atoms with van der Waals surface area (Å²) in [6.45, 7) is 4.09. The largest absolute Gasteiger partial charge is 0.328 e. The van der Waals surface area contributed by atoms with Gasteiger partial charge in [-0.2, -0.15) is 0 Å². The Morgan fingerprint density at radius 1 is 1.64 bits per heavy atom. The minimum absolute atomic E-state index is 0.220. The van der Waals surface area contributed by atoms with E-state index in [1.165, 1.54) is 11.1 Å². The molecule has 2 nitrogen and oxygen atoms in total. The summed E-state index contributed by atoms with van der Waals surface area (Å²) in [5.74, 6) is 0. The lowest BCUT2D eigenvalue weighted by Gasteiger charge is -2.06. The fraction of sp³-hybridized carbons (Fsp3) is 0.444. The maximum atomic E-state index is 5.67. The zero-order chi connectivity index (χ0) is 8.27. The number of nitrogens with two attached hydrogens (primary N) is 1. The van der Waals surface area contributed by atoms with Crippen LogP contribution in [0.2, 0.25) is 0 Å². The summed E-state index contributed by atoms with van der Waals surface area (Å²) in [5.41, 5.74) is 8.19. The van der Waals surface area contributed by atoms with Gasteiger partial charge in [-0.3, -0.25) is 4.98 Å². The van der Waals surface area contributed by atoms with Gasteiger partial charge in [0.25, 0.3) is 0 Å². The van der Waals surface area contributed by atoms with Gasteiger partial charge in [0.05, 0.1) is 0 Å². The van der Waals surface area contributed by atoms with Gasteiger partial charge in [-0.25, -0.2) is 0 Å². The molecule has 0 fully saturated rings. The van der Waals surface area contributed by atoms with Crippen molar-refractivity contribution in [1.29, 1.82) is 0 Å². The van der Waals surface area contributed by atoms with E-state index in [4.69, 9.17) is 5.73 Å². The molecular formula is C9H14N2. The monoisotopic (exact) mass is 150 g/mol. The van der Waals surface area contributed by atoms with E-state index in [1.54, 1.807) is 6.20 Å². The van der Waals surface area contributed by atoms with Crippen molar-refractivity contribution in [2.75, 3.05) is 0 Å². The predicted octanol–water partition coefficient (Wildman–Crippen LogP) is 1.28. The highest BCUT2D eigenvalue weighted by molar-refractivity contribution is 5.21. The number of aryl methyl sites for hydroxylation is 1. The Morgan fingerprint density at radius 2 is 2.36 bits per heavy atom. The highest BCUT2D eigenvalue weighted by atomic mass is 14.6. The molecule has 0 aromatic carbocycles. The van der Waals surface area contributed by atoms with E-state index in [9.17, 15) is 0 Å². The lowest BCUT2D eigenvalue weighted by molar-refractivity contribution is 0.732. The Labute approximate surface area is 67.5 Å². The van der Waals surface area contributed by atoms with Crippen LogP contribution in [0.5, 0.6) is 0 Å². The van der Waals surface area contributed by atoms with E-state index in [1.807, 2.05) is 19.2 Å². The Balaban J connectivity index is 2.78. The summed E-state index contributed by atoms with van der Waals surface area (Å²) in [5, 5.41) is 0. The highest BCUT2D eigenvalue weighted by Crippen LogP contribution is 2.06. The molecule has 2 N–H and O–H groups in total. The van der Waals surface area contributed by atoms with Gasteiger partial charge >= 0.3 is 0 Å². The Morgan fingerprint density at radius 3 is 2.91 bits per heavy atom.